The van der Waals surface area contributed by atoms with Gasteiger partial charge in [-0.3, -0.25) is 4.79 Å². The summed E-state index contributed by atoms with van der Waals surface area (Å²) >= 11 is 0. The number of para-hydroxylation sites is 1. The monoisotopic (exact) mass is 323 g/mol. The second kappa shape index (κ2) is 6.49. The number of amides is 1. The number of aryl methyl sites for hydroxylation is 2. The summed E-state index contributed by atoms with van der Waals surface area (Å²) in [4.78, 5) is 24.5. The molecule has 1 heterocycles. The molecule has 0 unspecified atom stereocenters. The second-order valence-electron chi connectivity index (χ2n) is 5.53. The number of nitrogens with zero attached hydrogens (tertiary/aromatic N) is 4. The summed E-state index contributed by atoms with van der Waals surface area (Å²) in [5.74, 6) is -0.329. The van der Waals surface area contributed by atoms with Gasteiger partial charge in [-0.15, -0.1) is 0 Å². The fraction of sp³-hybridized carbons (Fsp3) is 0.176. The molecule has 0 saturated heterocycles. The second-order valence-corrected chi connectivity index (χ2v) is 5.53. The van der Waals surface area contributed by atoms with Gasteiger partial charge < -0.3 is 5.32 Å². The van der Waals surface area contributed by atoms with Gasteiger partial charge in [-0.05, 0) is 48.0 Å². The molecule has 0 saturated carbocycles. The van der Waals surface area contributed by atoms with E-state index in [1.54, 1.807) is 24.3 Å². The summed E-state index contributed by atoms with van der Waals surface area (Å²) in [5.41, 5.74) is 2.94. The van der Waals surface area contributed by atoms with Crippen LogP contribution in [-0.4, -0.2) is 25.7 Å². The summed E-state index contributed by atoms with van der Waals surface area (Å²) in [6.45, 7) is 3.71. The predicted molar refractivity (Wildman–Crippen MR) is 90.2 cm³/mol. The van der Waals surface area contributed by atoms with Gasteiger partial charge in [0.15, 0.2) is 0 Å². The van der Waals surface area contributed by atoms with Crippen LogP contribution in [0.4, 0.5) is 5.69 Å². The minimum absolute atomic E-state index is 0.195. The number of anilines is 1. The van der Waals surface area contributed by atoms with Crippen molar-refractivity contribution in [3.63, 3.8) is 0 Å². The highest BCUT2D eigenvalue weighted by molar-refractivity contribution is 5.91. The molecular formula is C17H17N5O2. The fourth-order valence-corrected chi connectivity index (χ4v) is 2.38. The smallest absolute Gasteiger partial charge is 0.324 e. The van der Waals surface area contributed by atoms with Crippen molar-refractivity contribution in [2.45, 2.75) is 20.4 Å². The van der Waals surface area contributed by atoms with Gasteiger partial charge in [-0.1, -0.05) is 35.9 Å². The van der Waals surface area contributed by atoms with Crippen LogP contribution in [0.25, 0.3) is 5.69 Å². The molecule has 24 heavy (non-hydrogen) atoms. The zero-order valence-corrected chi connectivity index (χ0v) is 13.4. The molecule has 3 rings (SSSR count). The average molecular weight is 323 g/mol. The Morgan fingerprint density at radius 1 is 1.08 bits per heavy atom. The topological polar surface area (TPSA) is 81.8 Å². The zero-order valence-electron chi connectivity index (χ0n) is 13.4. The lowest BCUT2D eigenvalue weighted by Crippen LogP contribution is -2.29. The van der Waals surface area contributed by atoms with E-state index in [0.29, 0.717) is 11.4 Å². The molecule has 0 atom stereocenters. The normalized spacial score (nSPS) is 10.6. The summed E-state index contributed by atoms with van der Waals surface area (Å²) in [5, 5.41) is 10.4. The van der Waals surface area contributed by atoms with E-state index in [1.165, 1.54) is 0 Å². The molecule has 0 bridgehead atoms. The minimum atomic E-state index is -0.461. The molecule has 0 fully saturated rings. The van der Waals surface area contributed by atoms with Crippen LogP contribution < -0.4 is 11.0 Å². The van der Waals surface area contributed by atoms with Crippen LogP contribution in [-0.2, 0) is 11.3 Å². The van der Waals surface area contributed by atoms with Crippen molar-refractivity contribution in [2.75, 3.05) is 5.32 Å². The molecule has 0 radical (unpaired) electrons. The molecule has 122 valence electrons. The predicted octanol–water partition coefficient (Wildman–Crippen LogP) is 1.68. The van der Waals surface area contributed by atoms with Gasteiger partial charge in [-0.2, -0.15) is 9.36 Å². The Labute approximate surface area is 138 Å². The van der Waals surface area contributed by atoms with Crippen LogP contribution in [0.5, 0.6) is 0 Å². The van der Waals surface area contributed by atoms with Crippen LogP contribution in [0.3, 0.4) is 0 Å². The maximum Gasteiger partial charge on any atom is 0.368 e. The maximum atomic E-state index is 12.3. The van der Waals surface area contributed by atoms with Gasteiger partial charge in [0, 0.05) is 5.69 Å². The van der Waals surface area contributed by atoms with E-state index < -0.39 is 5.69 Å². The Hall–Kier alpha value is -3.22. The third-order valence-electron chi connectivity index (χ3n) is 3.59. The highest BCUT2D eigenvalue weighted by Crippen LogP contribution is 2.15. The molecule has 2 aromatic carbocycles. The van der Waals surface area contributed by atoms with E-state index in [-0.39, 0.29) is 12.5 Å². The number of carbonyl (C=O) groups is 1. The standard InChI is InChI=1S/C17H17N5O2/c1-12-8-9-15(13(2)10-12)18-16(23)11-21-17(24)22(20-19-21)14-6-4-3-5-7-14/h3-10H,11H2,1-2H3,(H,18,23). The minimum Gasteiger partial charge on any atom is -0.324 e. The lowest BCUT2D eigenvalue weighted by atomic mass is 10.1. The van der Waals surface area contributed by atoms with E-state index in [4.69, 9.17) is 0 Å². The number of tetrazole rings is 1. The summed E-state index contributed by atoms with van der Waals surface area (Å²) in [7, 11) is 0. The highest BCUT2D eigenvalue weighted by Gasteiger charge is 2.12. The molecule has 7 nitrogen and oxygen atoms in total. The highest BCUT2D eigenvalue weighted by atomic mass is 16.2. The van der Waals surface area contributed by atoms with Crippen molar-refractivity contribution in [2.24, 2.45) is 0 Å². The summed E-state index contributed by atoms with van der Waals surface area (Å²) < 4.78 is 2.19. The third kappa shape index (κ3) is 3.24. The molecule has 1 N–H and O–H groups in total. The lowest BCUT2D eigenvalue weighted by Gasteiger charge is -2.08. The molecule has 3 aromatic rings. The lowest BCUT2D eigenvalue weighted by molar-refractivity contribution is -0.117. The number of hydrogen-bond acceptors (Lipinski definition) is 4. The first kappa shape index (κ1) is 15.7. The Balaban J connectivity index is 1.76. The SMILES string of the molecule is Cc1ccc(NC(=O)Cn2nnn(-c3ccccc3)c2=O)c(C)c1. The molecule has 7 heteroatoms. The van der Waals surface area contributed by atoms with Crippen molar-refractivity contribution in [3.8, 4) is 5.69 Å². The molecule has 1 amide bonds. The van der Waals surface area contributed by atoms with Crippen LogP contribution in [0.1, 0.15) is 11.1 Å². The Kier molecular flexibility index (Phi) is 4.24. The van der Waals surface area contributed by atoms with Gasteiger partial charge in [0.1, 0.15) is 6.54 Å². The van der Waals surface area contributed by atoms with Gasteiger partial charge >= 0.3 is 5.69 Å². The first-order valence-corrected chi connectivity index (χ1v) is 7.50. The Bertz CT molecular complexity index is 928. The third-order valence-corrected chi connectivity index (χ3v) is 3.59. The number of hydrogen-bond donors (Lipinski definition) is 1. The zero-order chi connectivity index (χ0) is 17.1. The number of aromatic nitrogens is 4. The molecule has 0 spiro atoms. The summed E-state index contributed by atoms with van der Waals surface area (Å²) in [6.07, 6.45) is 0. The maximum absolute atomic E-state index is 12.3. The molecule has 1 aromatic heterocycles. The largest absolute Gasteiger partial charge is 0.368 e. The number of rotatable bonds is 4. The van der Waals surface area contributed by atoms with E-state index >= 15 is 0 Å². The first-order chi connectivity index (χ1) is 11.5. The van der Waals surface area contributed by atoms with Crippen molar-refractivity contribution >= 4 is 11.6 Å². The van der Waals surface area contributed by atoms with Gasteiger partial charge in [0.25, 0.3) is 0 Å². The number of benzene rings is 2. The Morgan fingerprint density at radius 2 is 1.83 bits per heavy atom. The summed E-state index contributed by atoms with van der Waals surface area (Å²) in [6, 6.07) is 14.7. The quantitative estimate of drug-likeness (QED) is 0.792. The average Bonchev–Trinajstić information content (AvgIpc) is 2.92. The van der Waals surface area contributed by atoms with Gasteiger partial charge in [-0.25, -0.2) is 4.79 Å². The Morgan fingerprint density at radius 3 is 2.54 bits per heavy atom. The first-order valence-electron chi connectivity index (χ1n) is 7.50. The molecule has 0 aliphatic rings. The van der Waals surface area contributed by atoms with Crippen molar-refractivity contribution < 1.29 is 4.79 Å². The van der Waals surface area contributed by atoms with E-state index in [0.717, 1.165) is 20.5 Å². The van der Waals surface area contributed by atoms with Crippen LogP contribution >= 0.6 is 0 Å². The van der Waals surface area contributed by atoms with Crippen LogP contribution in [0, 0.1) is 13.8 Å². The molecule has 0 aliphatic heterocycles. The number of carbonyl (C=O) groups excluding carboxylic acids is 1. The van der Waals surface area contributed by atoms with E-state index in [9.17, 15) is 9.59 Å². The van der Waals surface area contributed by atoms with Crippen molar-refractivity contribution in [1.29, 1.82) is 0 Å². The van der Waals surface area contributed by atoms with Crippen LogP contribution in [0.2, 0.25) is 0 Å². The number of nitrogens with one attached hydrogen (secondary N) is 1. The molecular weight excluding hydrogens is 306 g/mol. The molecule has 0 aliphatic carbocycles. The van der Waals surface area contributed by atoms with E-state index in [2.05, 4.69) is 15.7 Å². The van der Waals surface area contributed by atoms with Crippen LogP contribution in [0.15, 0.2) is 53.3 Å². The van der Waals surface area contributed by atoms with Crippen molar-refractivity contribution in [1.82, 2.24) is 19.8 Å². The fourth-order valence-electron chi connectivity index (χ4n) is 2.38. The van der Waals surface area contributed by atoms with Crippen molar-refractivity contribution in [3.05, 3.63) is 70.1 Å². The van der Waals surface area contributed by atoms with E-state index in [1.807, 2.05) is 38.1 Å². The van der Waals surface area contributed by atoms with Gasteiger partial charge in [0.2, 0.25) is 5.91 Å². The van der Waals surface area contributed by atoms with Gasteiger partial charge in [0.05, 0.1) is 5.69 Å².